The zero-order valence-corrected chi connectivity index (χ0v) is 16.6. The molecule has 0 aromatic heterocycles. The molecule has 2 heterocycles. The fourth-order valence-corrected chi connectivity index (χ4v) is 4.04. The molecule has 3 rings (SSSR count). The van der Waals surface area contributed by atoms with Gasteiger partial charge in [-0.15, -0.1) is 0 Å². The van der Waals surface area contributed by atoms with Gasteiger partial charge in [-0.05, 0) is 36.1 Å². The lowest BCUT2D eigenvalue weighted by Gasteiger charge is -2.31. The third kappa shape index (κ3) is 4.20. The van der Waals surface area contributed by atoms with Crippen LogP contribution in [-0.2, 0) is 22.6 Å². The van der Waals surface area contributed by atoms with E-state index >= 15 is 0 Å². The number of carbonyl (C=O) groups excluding carboxylic acids is 2. The second-order valence-electron chi connectivity index (χ2n) is 7.43. The highest BCUT2D eigenvalue weighted by Gasteiger charge is 2.37. The Morgan fingerprint density at radius 2 is 1.85 bits per heavy atom. The van der Waals surface area contributed by atoms with E-state index in [0.29, 0.717) is 31.8 Å². The van der Waals surface area contributed by atoms with Crippen LogP contribution in [0.4, 0.5) is 0 Å². The summed E-state index contributed by atoms with van der Waals surface area (Å²) in [5.74, 6) is 1.42. The molecule has 0 aliphatic carbocycles. The molecule has 2 aliphatic rings. The Morgan fingerprint density at radius 1 is 1.15 bits per heavy atom. The van der Waals surface area contributed by atoms with Gasteiger partial charge in [-0.1, -0.05) is 19.8 Å². The van der Waals surface area contributed by atoms with Gasteiger partial charge in [0.1, 0.15) is 0 Å². The maximum atomic E-state index is 13.0. The average Bonchev–Trinajstić information content (AvgIpc) is 3.06. The highest BCUT2D eigenvalue weighted by atomic mass is 16.5. The lowest BCUT2D eigenvalue weighted by Crippen LogP contribution is -2.40. The summed E-state index contributed by atoms with van der Waals surface area (Å²) in [5.41, 5.74) is 2.29. The number of unbranched alkanes of at least 4 members (excludes halogenated alkanes) is 2. The summed E-state index contributed by atoms with van der Waals surface area (Å²) in [6.45, 7) is 4.74. The first-order chi connectivity index (χ1) is 13.1. The average molecular weight is 374 g/mol. The molecule has 6 nitrogen and oxygen atoms in total. The van der Waals surface area contributed by atoms with Crippen LogP contribution in [-0.4, -0.2) is 55.5 Å². The molecule has 6 heteroatoms. The van der Waals surface area contributed by atoms with Crippen molar-refractivity contribution in [3.05, 3.63) is 23.3 Å². The van der Waals surface area contributed by atoms with Gasteiger partial charge in [0, 0.05) is 32.6 Å². The molecule has 1 fully saturated rings. The highest BCUT2D eigenvalue weighted by Crippen LogP contribution is 2.34. The minimum Gasteiger partial charge on any atom is -0.493 e. The standard InChI is InChI=1S/C21H30N2O4/c1-4-5-6-8-22-14-17(12-20(22)24)21(25)23-9-7-15-10-18(26-2)19(27-3)11-16(15)13-23/h10-11,17H,4-9,12-14H2,1-3H3. The highest BCUT2D eigenvalue weighted by molar-refractivity contribution is 5.89. The molecule has 1 unspecified atom stereocenters. The predicted octanol–water partition coefficient (Wildman–Crippen LogP) is 2.63. The van der Waals surface area contributed by atoms with Crippen LogP contribution in [0.5, 0.6) is 11.5 Å². The van der Waals surface area contributed by atoms with E-state index in [9.17, 15) is 9.59 Å². The summed E-state index contributed by atoms with van der Waals surface area (Å²) in [5, 5.41) is 0. The molecule has 0 N–H and O–H groups in total. The number of methoxy groups -OCH3 is 2. The molecule has 1 aromatic rings. The number of hydrogen-bond acceptors (Lipinski definition) is 4. The number of ether oxygens (including phenoxy) is 2. The van der Waals surface area contributed by atoms with Crippen molar-refractivity contribution < 1.29 is 19.1 Å². The van der Waals surface area contributed by atoms with Crippen LogP contribution >= 0.6 is 0 Å². The van der Waals surface area contributed by atoms with Gasteiger partial charge in [-0.2, -0.15) is 0 Å². The number of rotatable bonds is 7. The number of fused-ring (bicyclic) bond motifs is 1. The number of benzene rings is 1. The largest absolute Gasteiger partial charge is 0.493 e. The summed E-state index contributed by atoms with van der Waals surface area (Å²) >= 11 is 0. The van der Waals surface area contributed by atoms with Crippen molar-refractivity contribution in [2.45, 2.75) is 45.6 Å². The number of hydrogen-bond donors (Lipinski definition) is 0. The van der Waals surface area contributed by atoms with E-state index in [4.69, 9.17) is 9.47 Å². The molecule has 0 bridgehead atoms. The molecule has 0 saturated carbocycles. The Morgan fingerprint density at radius 3 is 2.52 bits per heavy atom. The minimum atomic E-state index is -0.208. The van der Waals surface area contributed by atoms with Crippen LogP contribution in [0.15, 0.2) is 12.1 Å². The second kappa shape index (κ2) is 8.63. The number of likely N-dealkylation sites (tertiary alicyclic amines) is 1. The van der Waals surface area contributed by atoms with Gasteiger partial charge in [0.2, 0.25) is 11.8 Å². The van der Waals surface area contributed by atoms with Gasteiger partial charge >= 0.3 is 0 Å². The van der Waals surface area contributed by atoms with E-state index in [0.717, 1.165) is 43.5 Å². The van der Waals surface area contributed by atoms with Crippen molar-refractivity contribution >= 4 is 11.8 Å². The van der Waals surface area contributed by atoms with Gasteiger partial charge in [0.15, 0.2) is 11.5 Å². The fraction of sp³-hybridized carbons (Fsp3) is 0.619. The zero-order valence-electron chi connectivity index (χ0n) is 16.6. The Bertz CT molecular complexity index is 704. The van der Waals surface area contributed by atoms with Crippen LogP contribution in [0.25, 0.3) is 0 Å². The van der Waals surface area contributed by atoms with Gasteiger partial charge in [-0.25, -0.2) is 0 Å². The molecular formula is C21H30N2O4. The number of nitrogens with zero attached hydrogens (tertiary/aromatic N) is 2. The van der Waals surface area contributed by atoms with E-state index in [2.05, 4.69) is 6.92 Å². The van der Waals surface area contributed by atoms with Crippen LogP contribution in [0, 0.1) is 5.92 Å². The maximum Gasteiger partial charge on any atom is 0.228 e. The van der Waals surface area contributed by atoms with Crippen molar-refractivity contribution in [3.63, 3.8) is 0 Å². The van der Waals surface area contributed by atoms with E-state index < -0.39 is 0 Å². The Kier molecular flexibility index (Phi) is 6.24. The smallest absolute Gasteiger partial charge is 0.228 e. The maximum absolute atomic E-state index is 13.0. The summed E-state index contributed by atoms with van der Waals surface area (Å²) in [6, 6.07) is 3.97. The van der Waals surface area contributed by atoms with Crippen molar-refractivity contribution in [1.29, 1.82) is 0 Å². The Balaban J connectivity index is 1.65. The Labute approximate surface area is 161 Å². The molecule has 2 aliphatic heterocycles. The third-order valence-electron chi connectivity index (χ3n) is 5.63. The molecule has 0 spiro atoms. The van der Waals surface area contributed by atoms with E-state index in [1.165, 1.54) is 5.56 Å². The quantitative estimate of drug-likeness (QED) is 0.689. The molecule has 0 radical (unpaired) electrons. The van der Waals surface area contributed by atoms with Crippen LogP contribution in [0.2, 0.25) is 0 Å². The number of amides is 2. The summed E-state index contributed by atoms with van der Waals surface area (Å²) in [6.07, 6.45) is 4.41. The van der Waals surface area contributed by atoms with Gasteiger partial charge in [-0.3, -0.25) is 9.59 Å². The minimum absolute atomic E-state index is 0.0989. The Hall–Kier alpha value is -2.24. The topological polar surface area (TPSA) is 59.1 Å². The first kappa shape index (κ1) is 19.5. The first-order valence-corrected chi connectivity index (χ1v) is 9.87. The zero-order chi connectivity index (χ0) is 19.4. The first-order valence-electron chi connectivity index (χ1n) is 9.87. The molecule has 1 atom stereocenters. The monoisotopic (exact) mass is 374 g/mol. The molecular weight excluding hydrogens is 344 g/mol. The lowest BCUT2D eigenvalue weighted by molar-refractivity contribution is -0.136. The van der Waals surface area contributed by atoms with Gasteiger partial charge in [0.25, 0.3) is 0 Å². The molecule has 1 saturated heterocycles. The van der Waals surface area contributed by atoms with Gasteiger partial charge < -0.3 is 19.3 Å². The lowest BCUT2D eigenvalue weighted by atomic mass is 9.97. The summed E-state index contributed by atoms with van der Waals surface area (Å²) in [7, 11) is 3.25. The second-order valence-corrected chi connectivity index (χ2v) is 7.43. The van der Waals surface area contributed by atoms with Crippen molar-refractivity contribution in [2.24, 2.45) is 5.92 Å². The van der Waals surface area contributed by atoms with Crippen LogP contribution in [0.1, 0.15) is 43.7 Å². The molecule has 1 aromatic carbocycles. The summed E-state index contributed by atoms with van der Waals surface area (Å²) < 4.78 is 10.8. The van der Waals surface area contributed by atoms with Crippen LogP contribution in [0.3, 0.4) is 0 Å². The normalized spacial score (nSPS) is 19.2. The third-order valence-corrected chi connectivity index (χ3v) is 5.63. The molecule has 2 amide bonds. The van der Waals surface area contributed by atoms with Crippen molar-refractivity contribution in [2.75, 3.05) is 33.9 Å². The summed E-state index contributed by atoms with van der Waals surface area (Å²) in [4.78, 5) is 29.0. The predicted molar refractivity (Wildman–Crippen MR) is 103 cm³/mol. The van der Waals surface area contributed by atoms with Crippen LogP contribution < -0.4 is 9.47 Å². The number of carbonyl (C=O) groups is 2. The SMILES string of the molecule is CCCCCN1CC(C(=O)N2CCc3cc(OC)c(OC)cc3C2)CC1=O. The van der Waals surface area contributed by atoms with E-state index in [-0.39, 0.29) is 17.7 Å². The van der Waals surface area contributed by atoms with E-state index in [1.54, 1.807) is 14.2 Å². The molecule has 27 heavy (non-hydrogen) atoms. The van der Waals surface area contributed by atoms with Crippen molar-refractivity contribution in [1.82, 2.24) is 9.80 Å². The fourth-order valence-electron chi connectivity index (χ4n) is 4.04. The van der Waals surface area contributed by atoms with E-state index in [1.807, 2.05) is 21.9 Å². The van der Waals surface area contributed by atoms with Crippen molar-refractivity contribution in [3.8, 4) is 11.5 Å². The molecule has 148 valence electrons. The van der Waals surface area contributed by atoms with Gasteiger partial charge in [0.05, 0.1) is 20.1 Å².